The van der Waals surface area contributed by atoms with Gasteiger partial charge in [0.25, 0.3) is 0 Å². The number of hydrogen-bond donors (Lipinski definition) is 0. The Balaban J connectivity index is 1.91. The molecule has 2 rings (SSSR count). The monoisotopic (exact) mass is 362 g/mol. The van der Waals surface area contributed by atoms with Crippen LogP contribution in [0.1, 0.15) is 17.3 Å². The lowest BCUT2D eigenvalue weighted by Crippen LogP contribution is -2.28. The summed E-state index contributed by atoms with van der Waals surface area (Å²) in [5.41, 5.74) is 0.322. The smallest absolute Gasteiger partial charge is 0.347 e. The average molecular weight is 362 g/mol. The minimum Gasteiger partial charge on any atom is -0.493 e. The number of Topliss-reactive ketones (excluding diaryl/α,β-unsaturated/α-hetero) is 1. The lowest BCUT2D eigenvalue weighted by atomic mass is 10.1. The van der Waals surface area contributed by atoms with Crippen LogP contribution in [-0.4, -0.2) is 38.7 Å². The van der Waals surface area contributed by atoms with E-state index in [2.05, 4.69) is 0 Å². The summed E-state index contributed by atoms with van der Waals surface area (Å²) in [7, 11) is 2.95. The van der Waals surface area contributed by atoms with Gasteiger partial charge in [-0.1, -0.05) is 0 Å². The number of esters is 1. The number of methoxy groups -OCH3 is 2. The molecule has 0 bridgehead atoms. The van der Waals surface area contributed by atoms with Crippen LogP contribution in [0.5, 0.6) is 17.2 Å². The van der Waals surface area contributed by atoms with Crippen LogP contribution in [0.25, 0.3) is 0 Å². The number of carbonyl (C=O) groups is 2. The Hall–Kier alpha value is -3.09. The summed E-state index contributed by atoms with van der Waals surface area (Å²) in [5.74, 6) is -0.299. The van der Waals surface area contributed by atoms with Gasteiger partial charge in [-0.05, 0) is 49.4 Å². The molecule has 2 aromatic carbocycles. The van der Waals surface area contributed by atoms with E-state index in [0.29, 0.717) is 22.8 Å². The molecule has 0 amide bonds. The van der Waals surface area contributed by atoms with Gasteiger partial charge < -0.3 is 18.9 Å². The highest BCUT2D eigenvalue weighted by Gasteiger charge is 2.19. The lowest BCUT2D eigenvalue weighted by Gasteiger charge is -2.14. The van der Waals surface area contributed by atoms with Gasteiger partial charge in [0.15, 0.2) is 30.0 Å². The Labute approximate surface area is 150 Å². The molecule has 138 valence electrons. The van der Waals surface area contributed by atoms with Crippen molar-refractivity contribution in [1.82, 2.24) is 0 Å². The molecular formula is C19H19FO6. The van der Waals surface area contributed by atoms with E-state index in [9.17, 15) is 14.0 Å². The number of hydrogen-bond acceptors (Lipinski definition) is 6. The van der Waals surface area contributed by atoms with Crippen molar-refractivity contribution in [3.63, 3.8) is 0 Å². The third-order valence-electron chi connectivity index (χ3n) is 3.51. The minimum absolute atomic E-state index is 0.321. The van der Waals surface area contributed by atoms with Crippen molar-refractivity contribution in [3.05, 3.63) is 53.8 Å². The van der Waals surface area contributed by atoms with Crippen LogP contribution < -0.4 is 14.2 Å². The second-order valence-corrected chi connectivity index (χ2v) is 5.31. The zero-order valence-electron chi connectivity index (χ0n) is 14.7. The van der Waals surface area contributed by atoms with Crippen molar-refractivity contribution >= 4 is 11.8 Å². The molecule has 0 saturated carbocycles. The summed E-state index contributed by atoms with van der Waals surface area (Å²) < 4.78 is 33.4. The van der Waals surface area contributed by atoms with Gasteiger partial charge in [-0.15, -0.1) is 0 Å². The Morgan fingerprint density at radius 2 is 1.65 bits per heavy atom. The van der Waals surface area contributed by atoms with Crippen molar-refractivity contribution in [2.75, 3.05) is 20.8 Å². The predicted molar refractivity (Wildman–Crippen MR) is 91.3 cm³/mol. The molecule has 0 saturated heterocycles. The number of ketones is 1. The molecule has 7 heteroatoms. The van der Waals surface area contributed by atoms with Gasteiger partial charge in [-0.2, -0.15) is 0 Å². The van der Waals surface area contributed by atoms with Crippen molar-refractivity contribution in [1.29, 1.82) is 0 Å². The van der Waals surface area contributed by atoms with E-state index in [1.165, 1.54) is 51.5 Å². The van der Waals surface area contributed by atoms with Crippen molar-refractivity contribution in [3.8, 4) is 17.2 Å². The van der Waals surface area contributed by atoms with E-state index < -0.39 is 30.3 Å². The number of benzene rings is 2. The summed E-state index contributed by atoms with van der Waals surface area (Å²) in [6.07, 6.45) is -0.946. The van der Waals surface area contributed by atoms with Crippen LogP contribution >= 0.6 is 0 Å². The Morgan fingerprint density at radius 1 is 1.00 bits per heavy atom. The molecule has 0 aliphatic rings. The first kappa shape index (κ1) is 19.2. The summed E-state index contributed by atoms with van der Waals surface area (Å²) in [6, 6.07) is 9.88. The summed E-state index contributed by atoms with van der Waals surface area (Å²) in [6.45, 7) is 1.04. The SMILES string of the molecule is COc1ccc(C(=O)COC(=O)[C@@H](C)Oc2ccc(F)cc2)cc1OC. The fourth-order valence-corrected chi connectivity index (χ4v) is 2.11. The van der Waals surface area contributed by atoms with Crippen LogP contribution in [0.4, 0.5) is 4.39 Å². The molecule has 0 N–H and O–H groups in total. The molecule has 0 radical (unpaired) electrons. The van der Waals surface area contributed by atoms with E-state index in [1.807, 2.05) is 0 Å². The molecule has 0 spiro atoms. The number of halogens is 1. The maximum absolute atomic E-state index is 12.9. The van der Waals surface area contributed by atoms with E-state index in [-0.39, 0.29) is 0 Å². The quantitative estimate of drug-likeness (QED) is 0.531. The van der Waals surface area contributed by atoms with Gasteiger partial charge in [0.05, 0.1) is 14.2 Å². The van der Waals surface area contributed by atoms with Crippen molar-refractivity contribution in [2.45, 2.75) is 13.0 Å². The highest BCUT2D eigenvalue weighted by Crippen LogP contribution is 2.27. The molecule has 26 heavy (non-hydrogen) atoms. The molecule has 1 atom stereocenters. The molecule has 0 aliphatic carbocycles. The first-order valence-corrected chi connectivity index (χ1v) is 7.78. The molecule has 0 unspecified atom stereocenters. The number of ether oxygens (including phenoxy) is 4. The molecule has 0 aliphatic heterocycles. The van der Waals surface area contributed by atoms with Crippen LogP contribution in [0.3, 0.4) is 0 Å². The largest absolute Gasteiger partial charge is 0.493 e. The molecular weight excluding hydrogens is 343 g/mol. The minimum atomic E-state index is -0.946. The van der Waals surface area contributed by atoms with Crippen molar-refractivity contribution < 1.29 is 32.9 Å². The second kappa shape index (κ2) is 8.84. The van der Waals surface area contributed by atoms with Gasteiger partial charge in [0, 0.05) is 5.56 Å². The topological polar surface area (TPSA) is 71.1 Å². The third-order valence-corrected chi connectivity index (χ3v) is 3.51. The Morgan fingerprint density at radius 3 is 2.27 bits per heavy atom. The Kier molecular flexibility index (Phi) is 6.54. The van der Waals surface area contributed by atoms with Gasteiger partial charge in [-0.3, -0.25) is 4.79 Å². The van der Waals surface area contributed by atoms with E-state index >= 15 is 0 Å². The molecule has 6 nitrogen and oxygen atoms in total. The summed E-state index contributed by atoms with van der Waals surface area (Å²) in [4.78, 5) is 24.1. The standard InChI is InChI=1S/C19H19FO6/c1-12(26-15-7-5-14(20)6-8-15)19(22)25-11-16(21)13-4-9-17(23-2)18(10-13)24-3/h4-10,12H,11H2,1-3H3/t12-/m1/s1. The number of rotatable bonds is 8. The van der Waals surface area contributed by atoms with E-state index in [1.54, 1.807) is 12.1 Å². The lowest BCUT2D eigenvalue weighted by molar-refractivity contribution is -0.149. The Bertz CT molecular complexity index is 772. The zero-order chi connectivity index (χ0) is 19.1. The van der Waals surface area contributed by atoms with Gasteiger partial charge in [0.1, 0.15) is 11.6 Å². The zero-order valence-corrected chi connectivity index (χ0v) is 14.7. The normalized spacial score (nSPS) is 11.4. The van der Waals surface area contributed by atoms with Crippen LogP contribution in [0, 0.1) is 5.82 Å². The predicted octanol–water partition coefficient (Wildman–Crippen LogP) is 3.04. The summed E-state index contributed by atoms with van der Waals surface area (Å²) >= 11 is 0. The fraction of sp³-hybridized carbons (Fsp3) is 0.263. The average Bonchev–Trinajstić information content (AvgIpc) is 2.66. The van der Waals surface area contributed by atoms with E-state index in [0.717, 1.165) is 0 Å². The maximum Gasteiger partial charge on any atom is 0.347 e. The van der Waals surface area contributed by atoms with Gasteiger partial charge in [-0.25, -0.2) is 9.18 Å². The molecule has 0 heterocycles. The van der Waals surface area contributed by atoms with Gasteiger partial charge >= 0.3 is 5.97 Å². The maximum atomic E-state index is 12.9. The first-order valence-electron chi connectivity index (χ1n) is 7.78. The van der Waals surface area contributed by atoms with Crippen LogP contribution in [0.15, 0.2) is 42.5 Å². The number of carbonyl (C=O) groups excluding carboxylic acids is 2. The van der Waals surface area contributed by atoms with Gasteiger partial charge in [0.2, 0.25) is 0 Å². The highest BCUT2D eigenvalue weighted by molar-refractivity contribution is 5.98. The third kappa shape index (κ3) is 4.95. The molecule has 2 aromatic rings. The fourth-order valence-electron chi connectivity index (χ4n) is 2.11. The molecule has 0 fully saturated rings. The van der Waals surface area contributed by atoms with Crippen LogP contribution in [-0.2, 0) is 9.53 Å². The highest BCUT2D eigenvalue weighted by atomic mass is 19.1. The van der Waals surface area contributed by atoms with Crippen molar-refractivity contribution in [2.24, 2.45) is 0 Å². The van der Waals surface area contributed by atoms with Crippen LogP contribution in [0.2, 0.25) is 0 Å². The molecule has 0 aromatic heterocycles. The second-order valence-electron chi connectivity index (χ2n) is 5.31. The summed E-state index contributed by atoms with van der Waals surface area (Å²) in [5, 5.41) is 0. The first-order chi connectivity index (χ1) is 12.4. The van der Waals surface area contributed by atoms with E-state index in [4.69, 9.17) is 18.9 Å².